The first-order valence-electron chi connectivity index (χ1n) is 18.6. The molecule has 1 N–H and O–H groups in total. The van der Waals surface area contributed by atoms with Crippen molar-refractivity contribution >= 4 is 39.1 Å². The summed E-state index contributed by atoms with van der Waals surface area (Å²) in [4.78, 5) is 31.4. The van der Waals surface area contributed by atoms with Crippen molar-refractivity contribution in [2.75, 3.05) is 70.4 Å². The minimum atomic E-state index is -3.51. The van der Waals surface area contributed by atoms with Gasteiger partial charge in [-0.25, -0.2) is 9.00 Å². The van der Waals surface area contributed by atoms with Crippen molar-refractivity contribution in [2.45, 2.75) is 62.6 Å². The maximum atomic E-state index is 14.6. The van der Waals surface area contributed by atoms with Crippen LogP contribution in [0.25, 0.3) is 0 Å². The monoisotopic (exact) mass is 752 g/mol. The first kappa shape index (κ1) is 35.8. The number of nitrogens with one attached hydrogen (secondary N) is 1. The van der Waals surface area contributed by atoms with Crippen LogP contribution in [0.15, 0.2) is 52.9 Å². The van der Waals surface area contributed by atoms with Crippen molar-refractivity contribution in [3.63, 3.8) is 0 Å². The maximum absolute atomic E-state index is 14.6. The van der Waals surface area contributed by atoms with Crippen molar-refractivity contribution in [2.24, 2.45) is 22.1 Å². The number of likely N-dealkylation sites (tertiary alicyclic amines) is 1. The summed E-state index contributed by atoms with van der Waals surface area (Å²) in [5, 5.41) is 0.741. The van der Waals surface area contributed by atoms with Crippen LogP contribution in [0.5, 0.6) is 5.75 Å². The number of urea groups is 1. The van der Waals surface area contributed by atoms with Crippen molar-refractivity contribution < 1.29 is 32.7 Å². The Morgan fingerprint density at radius 2 is 1.98 bits per heavy atom. The lowest BCUT2D eigenvalue weighted by Gasteiger charge is -2.50. The predicted octanol–water partition coefficient (Wildman–Crippen LogP) is 5.78. The Balaban J connectivity index is 1.15. The number of fused-ring (bicyclic) bond motifs is 4. The van der Waals surface area contributed by atoms with Crippen LogP contribution >= 0.6 is 11.6 Å². The van der Waals surface area contributed by atoms with E-state index in [1.54, 1.807) is 13.2 Å². The molecule has 2 aromatic rings. The van der Waals surface area contributed by atoms with Crippen molar-refractivity contribution in [3.8, 4) is 5.75 Å². The standard InChI is InChI=1S/C39H49ClN4O7S/c1-26-5-3-7-34(48-2)31-11-8-29(31)19-43-21-38(14-4-6-27-17-30(40)10-12-32(27)38)24-50-35-13-9-28(18-33(35)43)36(45)41-52(47,20-26)42-37(46)44-22-39(23-44)25-49-15-16-51-39/h3,7,9-10,12-13,17-18,26,29,31,34H,4-6,8,11,14-16,19-25H2,1-2H3,(H,41,42,45,46,47)/b7-3+/t26-,29-,31+,34-,38-,52-/m0/s1. The number of methoxy groups -OCH3 is 1. The van der Waals surface area contributed by atoms with Crippen molar-refractivity contribution in [1.29, 1.82) is 0 Å². The largest absolute Gasteiger partial charge is 0.490 e. The minimum absolute atomic E-state index is 0.0171. The van der Waals surface area contributed by atoms with Gasteiger partial charge in [-0.2, -0.15) is 0 Å². The van der Waals surface area contributed by atoms with Gasteiger partial charge in [0, 0.05) is 36.2 Å². The predicted molar refractivity (Wildman–Crippen MR) is 200 cm³/mol. The van der Waals surface area contributed by atoms with Gasteiger partial charge in [-0.15, -0.1) is 4.36 Å². The molecule has 13 heteroatoms. The first-order valence-corrected chi connectivity index (χ1v) is 20.7. The zero-order valence-corrected chi connectivity index (χ0v) is 31.6. The van der Waals surface area contributed by atoms with Gasteiger partial charge < -0.3 is 28.7 Å². The molecule has 0 radical (unpaired) electrons. The van der Waals surface area contributed by atoms with E-state index >= 15 is 0 Å². The van der Waals surface area contributed by atoms with E-state index in [2.05, 4.69) is 38.3 Å². The van der Waals surface area contributed by atoms with E-state index in [4.69, 9.17) is 30.5 Å². The number of hydrogen-bond donors (Lipinski definition) is 1. The van der Waals surface area contributed by atoms with Gasteiger partial charge in [0.25, 0.3) is 5.91 Å². The van der Waals surface area contributed by atoms with E-state index in [1.165, 1.54) is 16.0 Å². The highest BCUT2D eigenvalue weighted by Crippen LogP contribution is 2.47. The minimum Gasteiger partial charge on any atom is -0.490 e. The molecule has 4 heterocycles. The third kappa shape index (κ3) is 6.97. The van der Waals surface area contributed by atoms with E-state index in [0.717, 1.165) is 55.9 Å². The molecule has 6 atom stereocenters. The molecule has 8 rings (SSSR count). The molecule has 1 saturated carbocycles. The van der Waals surface area contributed by atoms with Crippen molar-refractivity contribution in [1.82, 2.24) is 9.62 Å². The van der Waals surface area contributed by atoms with E-state index in [0.29, 0.717) is 69.1 Å². The summed E-state index contributed by atoms with van der Waals surface area (Å²) >= 11 is 6.46. The summed E-state index contributed by atoms with van der Waals surface area (Å²) in [5.74, 6) is 0.681. The number of hydrogen-bond acceptors (Lipinski definition) is 8. The lowest BCUT2D eigenvalue weighted by molar-refractivity contribution is -0.205. The summed E-state index contributed by atoms with van der Waals surface area (Å²) in [6.07, 6.45) is 9.90. The van der Waals surface area contributed by atoms with Crippen LogP contribution in [-0.2, 0) is 36.0 Å². The van der Waals surface area contributed by atoms with Gasteiger partial charge in [0.15, 0.2) is 0 Å². The van der Waals surface area contributed by atoms with E-state index in [9.17, 15) is 13.8 Å². The molecule has 3 fully saturated rings. The van der Waals surface area contributed by atoms with Gasteiger partial charge in [-0.3, -0.25) is 9.52 Å². The highest BCUT2D eigenvalue weighted by molar-refractivity contribution is 7.92. The molecule has 280 valence electrons. The first-order chi connectivity index (χ1) is 25.1. The molecule has 2 spiro atoms. The normalized spacial score (nSPS) is 33.3. The fraction of sp³-hybridized carbons (Fsp3) is 0.590. The Labute approximate surface area is 311 Å². The number of carbonyl (C=O) groups excluding carboxylic acids is 2. The van der Waals surface area contributed by atoms with Gasteiger partial charge >= 0.3 is 6.03 Å². The number of aryl methyl sites for hydroxylation is 1. The Morgan fingerprint density at radius 3 is 2.75 bits per heavy atom. The number of ether oxygens (including phenoxy) is 4. The molecule has 0 unspecified atom stereocenters. The molecule has 2 aromatic carbocycles. The molecule has 11 nitrogen and oxygen atoms in total. The number of anilines is 1. The number of benzene rings is 2. The molecule has 6 aliphatic rings. The summed E-state index contributed by atoms with van der Waals surface area (Å²) in [6, 6.07) is 11.1. The average molecular weight is 753 g/mol. The van der Waals surface area contributed by atoms with Crippen molar-refractivity contribution in [3.05, 3.63) is 70.3 Å². The zero-order chi connectivity index (χ0) is 36.1. The Kier molecular flexibility index (Phi) is 9.82. The van der Waals surface area contributed by atoms with Crippen LogP contribution < -0.4 is 14.4 Å². The number of halogens is 1. The Hall–Kier alpha value is -3.16. The second kappa shape index (κ2) is 14.2. The fourth-order valence-corrected chi connectivity index (χ4v) is 11.2. The van der Waals surface area contributed by atoms with Gasteiger partial charge in [-0.05, 0) is 97.7 Å². The van der Waals surface area contributed by atoms with Gasteiger partial charge in [0.1, 0.15) is 21.3 Å². The fourth-order valence-electron chi connectivity index (χ4n) is 9.16. The van der Waals surface area contributed by atoms with Crippen LogP contribution in [0, 0.1) is 17.8 Å². The quantitative estimate of drug-likeness (QED) is 0.384. The molecule has 4 aliphatic heterocycles. The van der Waals surface area contributed by atoms with Gasteiger partial charge in [0.2, 0.25) is 0 Å². The number of carbonyl (C=O) groups is 2. The average Bonchev–Trinajstić information content (AvgIpc) is 3.24. The number of allylic oxidation sites excluding steroid dienone is 1. The van der Waals surface area contributed by atoms with Crippen LogP contribution in [0.3, 0.4) is 0 Å². The molecule has 2 aliphatic carbocycles. The van der Waals surface area contributed by atoms with Crippen LogP contribution in [0.4, 0.5) is 10.5 Å². The van der Waals surface area contributed by atoms with Crippen LogP contribution in [0.2, 0.25) is 5.02 Å². The topological polar surface area (TPSA) is 119 Å². The van der Waals surface area contributed by atoms with Crippen LogP contribution in [-0.4, -0.2) is 98.2 Å². The third-order valence-corrected chi connectivity index (χ3v) is 14.2. The van der Waals surface area contributed by atoms with E-state index in [1.807, 2.05) is 25.1 Å². The molecule has 0 aromatic heterocycles. The third-order valence-electron chi connectivity index (χ3n) is 12.0. The number of nitrogens with zero attached hydrogens (tertiary/aromatic N) is 3. The number of rotatable bonds is 2. The second-order valence-corrected chi connectivity index (χ2v) is 18.2. The Bertz CT molecular complexity index is 1870. The second-order valence-electron chi connectivity index (χ2n) is 15.8. The molecule has 52 heavy (non-hydrogen) atoms. The smallest absolute Gasteiger partial charge is 0.330 e. The van der Waals surface area contributed by atoms with E-state index < -0.39 is 27.5 Å². The number of amides is 3. The Morgan fingerprint density at radius 1 is 1.12 bits per heavy atom. The van der Waals surface area contributed by atoms with Crippen LogP contribution in [0.1, 0.15) is 60.5 Å². The highest BCUT2D eigenvalue weighted by Gasteiger charge is 2.49. The van der Waals surface area contributed by atoms with Gasteiger partial charge in [-0.1, -0.05) is 36.7 Å². The summed E-state index contributed by atoms with van der Waals surface area (Å²) in [6.45, 7) is 6.01. The maximum Gasteiger partial charge on any atom is 0.330 e. The van der Waals surface area contributed by atoms with E-state index in [-0.39, 0.29) is 23.2 Å². The molecular formula is C39H49ClN4O7S. The SMILES string of the molecule is CO[C@H]1/C=C/C[C@H](C)C[S@@](=O)(NC(=O)N2CC3(COCCO3)C2)=NC(=O)c2ccc3c(c2)N(C[C@@H]2CC[C@H]21)C[C@@]1(CCCc2cc(Cl)ccc21)CO3. The lowest BCUT2D eigenvalue weighted by atomic mass is 9.68. The molecule has 2 saturated heterocycles. The molecule has 2 bridgehead atoms. The highest BCUT2D eigenvalue weighted by atomic mass is 35.5. The molecule has 3 amide bonds. The summed E-state index contributed by atoms with van der Waals surface area (Å²) in [7, 11) is -1.75. The summed E-state index contributed by atoms with van der Waals surface area (Å²) in [5.41, 5.74) is 2.87. The molecular weight excluding hydrogens is 704 g/mol. The lowest BCUT2D eigenvalue weighted by Crippen LogP contribution is -2.70. The zero-order valence-electron chi connectivity index (χ0n) is 30.0. The summed E-state index contributed by atoms with van der Waals surface area (Å²) < 4.78 is 45.8. The van der Waals surface area contributed by atoms with Gasteiger partial charge in [0.05, 0.1) is 57.1 Å².